The number of H-pyrrole nitrogens is 1. The Kier molecular flexibility index (Phi) is 2.99. The summed E-state index contributed by atoms with van der Waals surface area (Å²) in [6.45, 7) is 0. The predicted octanol–water partition coefficient (Wildman–Crippen LogP) is 2.48. The van der Waals surface area contributed by atoms with Crippen molar-refractivity contribution in [3.05, 3.63) is 46.3 Å². The molecule has 4 rings (SSSR count). The van der Waals surface area contributed by atoms with Gasteiger partial charge in [0.25, 0.3) is 10.8 Å². The summed E-state index contributed by atoms with van der Waals surface area (Å²) >= 11 is 1.38. The van der Waals surface area contributed by atoms with Crippen molar-refractivity contribution in [2.45, 2.75) is 29.7 Å². The van der Waals surface area contributed by atoms with E-state index in [1.54, 1.807) is 6.07 Å². The molecule has 0 aliphatic heterocycles. The summed E-state index contributed by atoms with van der Waals surface area (Å²) in [6.07, 6.45) is 2.26. The van der Waals surface area contributed by atoms with E-state index in [-0.39, 0.29) is 5.56 Å². The highest BCUT2D eigenvalue weighted by atomic mass is 32.2. The lowest BCUT2D eigenvalue weighted by atomic mass is 10.2. The minimum Gasteiger partial charge on any atom is -0.416 e. The molecular weight excluding hydrogens is 288 g/mol. The smallest absolute Gasteiger partial charge is 0.277 e. The topological polar surface area (TPSA) is 84.7 Å². The number of nitrogens with zero attached hydrogens (tertiary/aromatic N) is 3. The molecule has 1 saturated carbocycles. The highest BCUT2D eigenvalue weighted by Crippen LogP contribution is 2.39. The summed E-state index contributed by atoms with van der Waals surface area (Å²) in [5.41, 5.74) is 0.571. The van der Waals surface area contributed by atoms with Gasteiger partial charge in [-0.15, -0.1) is 10.2 Å². The van der Waals surface area contributed by atoms with Gasteiger partial charge in [0, 0.05) is 5.92 Å². The number of rotatable bonds is 4. The van der Waals surface area contributed by atoms with Crippen molar-refractivity contribution in [2.24, 2.45) is 0 Å². The summed E-state index contributed by atoms with van der Waals surface area (Å²) in [4.78, 5) is 19.2. The molecule has 2 heterocycles. The second-order valence-electron chi connectivity index (χ2n) is 5.00. The Balaban J connectivity index is 1.54. The standard InChI is InChI=1S/C14H12N4O2S/c19-12-9-3-1-2-4-10(9)15-11(16-12)7-21-14-18-17-13(20-14)8-5-6-8/h1-4,8H,5-7H2,(H,15,16,19). The Morgan fingerprint density at radius 1 is 1.29 bits per heavy atom. The maximum absolute atomic E-state index is 12.0. The molecule has 1 aromatic carbocycles. The molecule has 0 bridgehead atoms. The van der Waals surface area contributed by atoms with E-state index < -0.39 is 0 Å². The third kappa shape index (κ3) is 2.56. The van der Waals surface area contributed by atoms with Crippen LogP contribution in [0.3, 0.4) is 0 Å². The zero-order valence-electron chi connectivity index (χ0n) is 11.1. The molecule has 3 aromatic rings. The van der Waals surface area contributed by atoms with E-state index in [4.69, 9.17) is 4.42 Å². The molecular formula is C14H12N4O2S. The van der Waals surface area contributed by atoms with E-state index in [0.29, 0.717) is 33.6 Å². The predicted molar refractivity (Wildman–Crippen MR) is 78.2 cm³/mol. The van der Waals surface area contributed by atoms with Crippen LogP contribution in [0.15, 0.2) is 38.7 Å². The van der Waals surface area contributed by atoms with Crippen LogP contribution in [-0.2, 0) is 5.75 Å². The minimum absolute atomic E-state index is 0.125. The number of para-hydroxylation sites is 1. The molecule has 1 fully saturated rings. The van der Waals surface area contributed by atoms with Gasteiger partial charge in [-0.05, 0) is 25.0 Å². The molecule has 0 saturated heterocycles. The van der Waals surface area contributed by atoms with Crippen LogP contribution in [0.2, 0.25) is 0 Å². The fourth-order valence-electron chi connectivity index (χ4n) is 2.11. The van der Waals surface area contributed by atoms with Gasteiger partial charge < -0.3 is 9.40 Å². The van der Waals surface area contributed by atoms with Crippen molar-refractivity contribution in [3.8, 4) is 0 Å². The number of nitrogens with one attached hydrogen (secondary N) is 1. The zero-order valence-corrected chi connectivity index (χ0v) is 11.9. The van der Waals surface area contributed by atoms with Crippen LogP contribution in [-0.4, -0.2) is 20.2 Å². The normalized spacial score (nSPS) is 14.7. The Hall–Kier alpha value is -2.15. The van der Waals surface area contributed by atoms with Gasteiger partial charge in [-0.3, -0.25) is 4.79 Å². The molecule has 21 heavy (non-hydrogen) atoms. The maximum atomic E-state index is 12.0. The highest BCUT2D eigenvalue weighted by molar-refractivity contribution is 7.98. The number of aromatic nitrogens is 4. The molecule has 0 atom stereocenters. The Morgan fingerprint density at radius 3 is 3.00 bits per heavy atom. The van der Waals surface area contributed by atoms with Crippen LogP contribution in [0.25, 0.3) is 10.9 Å². The van der Waals surface area contributed by atoms with E-state index in [1.165, 1.54) is 11.8 Å². The van der Waals surface area contributed by atoms with Gasteiger partial charge >= 0.3 is 0 Å². The number of fused-ring (bicyclic) bond motifs is 1. The Labute approximate surface area is 124 Å². The summed E-state index contributed by atoms with van der Waals surface area (Å²) in [6, 6.07) is 7.28. The average Bonchev–Trinajstić information content (AvgIpc) is 3.24. The molecule has 2 aromatic heterocycles. The van der Waals surface area contributed by atoms with Gasteiger partial charge in [0.2, 0.25) is 5.89 Å². The molecule has 1 aliphatic rings. The number of thioether (sulfide) groups is 1. The molecule has 106 valence electrons. The summed E-state index contributed by atoms with van der Waals surface area (Å²) in [5, 5.41) is 9.15. The van der Waals surface area contributed by atoms with E-state index in [0.717, 1.165) is 18.7 Å². The van der Waals surface area contributed by atoms with Gasteiger partial charge in [-0.25, -0.2) is 4.98 Å². The molecule has 1 N–H and O–H groups in total. The average molecular weight is 300 g/mol. The van der Waals surface area contributed by atoms with Crippen LogP contribution in [0.4, 0.5) is 0 Å². The summed E-state index contributed by atoms with van der Waals surface area (Å²) < 4.78 is 5.57. The fraction of sp³-hybridized carbons (Fsp3) is 0.286. The van der Waals surface area contributed by atoms with Gasteiger partial charge in [-0.1, -0.05) is 23.9 Å². The first-order chi connectivity index (χ1) is 10.3. The van der Waals surface area contributed by atoms with E-state index in [2.05, 4.69) is 20.2 Å². The second kappa shape index (κ2) is 5.00. The maximum Gasteiger partial charge on any atom is 0.277 e. The van der Waals surface area contributed by atoms with Crippen molar-refractivity contribution in [2.75, 3.05) is 0 Å². The molecule has 0 radical (unpaired) electrons. The van der Waals surface area contributed by atoms with E-state index in [9.17, 15) is 4.79 Å². The van der Waals surface area contributed by atoms with Crippen molar-refractivity contribution in [1.82, 2.24) is 20.2 Å². The Bertz CT molecular complexity index is 853. The quantitative estimate of drug-likeness (QED) is 0.745. The van der Waals surface area contributed by atoms with Crippen LogP contribution in [0.1, 0.15) is 30.5 Å². The first-order valence-electron chi connectivity index (χ1n) is 6.74. The number of hydrogen-bond donors (Lipinski definition) is 1. The van der Waals surface area contributed by atoms with Crippen LogP contribution < -0.4 is 5.56 Å². The lowest BCUT2D eigenvalue weighted by Gasteiger charge is -2.00. The van der Waals surface area contributed by atoms with Gasteiger partial charge in [0.15, 0.2) is 0 Å². The van der Waals surface area contributed by atoms with Crippen LogP contribution in [0, 0.1) is 0 Å². The molecule has 0 unspecified atom stereocenters. The number of hydrogen-bond acceptors (Lipinski definition) is 6. The van der Waals surface area contributed by atoms with Gasteiger partial charge in [-0.2, -0.15) is 0 Å². The largest absolute Gasteiger partial charge is 0.416 e. The molecule has 1 aliphatic carbocycles. The van der Waals surface area contributed by atoms with Crippen molar-refractivity contribution in [1.29, 1.82) is 0 Å². The third-order valence-corrected chi connectivity index (χ3v) is 4.17. The van der Waals surface area contributed by atoms with E-state index >= 15 is 0 Å². The van der Waals surface area contributed by atoms with Crippen molar-refractivity contribution < 1.29 is 4.42 Å². The van der Waals surface area contributed by atoms with Crippen molar-refractivity contribution >= 4 is 22.7 Å². The molecule has 6 nitrogen and oxygen atoms in total. The summed E-state index contributed by atoms with van der Waals surface area (Å²) in [7, 11) is 0. The summed E-state index contributed by atoms with van der Waals surface area (Å²) in [5.74, 6) is 2.27. The lowest BCUT2D eigenvalue weighted by molar-refractivity contribution is 0.414. The van der Waals surface area contributed by atoms with Crippen LogP contribution in [0.5, 0.6) is 0 Å². The number of benzene rings is 1. The fourth-order valence-corrected chi connectivity index (χ4v) is 2.75. The van der Waals surface area contributed by atoms with Crippen LogP contribution >= 0.6 is 11.8 Å². The van der Waals surface area contributed by atoms with E-state index in [1.807, 2.05) is 18.2 Å². The van der Waals surface area contributed by atoms with Gasteiger partial charge in [0.1, 0.15) is 5.82 Å². The number of aromatic amines is 1. The second-order valence-corrected chi connectivity index (χ2v) is 5.93. The molecule has 0 spiro atoms. The third-order valence-electron chi connectivity index (χ3n) is 3.34. The highest BCUT2D eigenvalue weighted by Gasteiger charge is 2.29. The Morgan fingerprint density at radius 2 is 2.14 bits per heavy atom. The first kappa shape index (κ1) is 12.6. The first-order valence-corrected chi connectivity index (χ1v) is 7.72. The zero-order chi connectivity index (χ0) is 14.2. The van der Waals surface area contributed by atoms with Crippen molar-refractivity contribution in [3.63, 3.8) is 0 Å². The monoisotopic (exact) mass is 300 g/mol. The minimum atomic E-state index is -0.125. The SMILES string of the molecule is O=c1[nH]c(CSc2nnc(C3CC3)o2)nc2ccccc12. The molecule has 7 heteroatoms. The molecule has 0 amide bonds. The lowest BCUT2D eigenvalue weighted by Crippen LogP contribution is -2.11. The van der Waals surface area contributed by atoms with Gasteiger partial charge in [0.05, 0.1) is 16.7 Å².